The first-order valence-electron chi connectivity index (χ1n) is 11.9. The summed E-state index contributed by atoms with van der Waals surface area (Å²) in [7, 11) is -4.75. The third-order valence-corrected chi connectivity index (χ3v) is 9.17. The van der Waals surface area contributed by atoms with Gasteiger partial charge >= 0.3 is 0 Å². The molecule has 0 spiro atoms. The lowest BCUT2D eigenvalue weighted by Crippen LogP contribution is -2.51. The number of nitrogens with two attached hydrogens (primary N) is 1. The van der Waals surface area contributed by atoms with Gasteiger partial charge in [-0.2, -0.15) is 0 Å². The number of benzene rings is 2. The number of hydrogen-bond acceptors (Lipinski definition) is 8. The molecule has 2 unspecified atom stereocenters. The molecule has 4 heterocycles. The molecule has 2 aliphatic heterocycles. The summed E-state index contributed by atoms with van der Waals surface area (Å²) < 4.78 is 69.3. The number of thiazole rings is 1. The van der Waals surface area contributed by atoms with E-state index in [1.54, 1.807) is 6.07 Å². The number of sulfonamides is 1. The summed E-state index contributed by atoms with van der Waals surface area (Å²) in [5.74, 6) is -3.72. The van der Waals surface area contributed by atoms with Crippen molar-refractivity contribution in [1.29, 1.82) is 0 Å². The molecule has 0 saturated carbocycles. The van der Waals surface area contributed by atoms with E-state index >= 15 is 8.78 Å². The third kappa shape index (κ3) is 4.57. The predicted molar refractivity (Wildman–Crippen MR) is 142 cm³/mol. The SMILES string of the molecule is NS(=O)(=O)c1c(F)ccc(-c2cccc(-c3nc(N4C5CCC4CNC5)sc3-c3ccnc(Cl)n3)c2F)c1F. The first kappa shape index (κ1) is 26.1. The number of primary sulfonamides is 1. The van der Waals surface area contributed by atoms with Crippen LogP contribution in [0.5, 0.6) is 0 Å². The summed E-state index contributed by atoms with van der Waals surface area (Å²) in [5, 5.41) is 9.14. The van der Waals surface area contributed by atoms with Gasteiger partial charge in [-0.1, -0.05) is 23.5 Å². The second-order valence-corrected chi connectivity index (χ2v) is 12.1. The summed E-state index contributed by atoms with van der Waals surface area (Å²) in [4.78, 5) is 14.5. The van der Waals surface area contributed by atoms with Crippen LogP contribution in [0.15, 0.2) is 47.5 Å². The normalized spacial score (nSPS) is 19.1. The Kier molecular flexibility index (Phi) is 6.58. The minimum absolute atomic E-state index is 0.00812. The highest BCUT2D eigenvalue weighted by Crippen LogP contribution is 2.45. The molecule has 0 amide bonds. The fraction of sp³-hybridized carbons (Fsp3) is 0.240. The zero-order valence-corrected chi connectivity index (χ0v) is 22.4. The molecule has 4 aromatic rings. The maximum atomic E-state index is 16.2. The van der Waals surface area contributed by atoms with Gasteiger partial charge in [-0.3, -0.25) is 0 Å². The highest BCUT2D eigenvalue weighted by atomic mass is 35.5. The fourth-order valence-corrected chi connectivity index (χ4v) is 7.29. The molecule has 2 aliphatic rings. The van der Waals surface area contributed by atoms with E-state index in [0.29, 0.717) is 15.7 Å². The molecule has 2 fully saturated rings. The van der Waals surface area contributed by atoms with Crippen molar-refractivity contribution in [2.75, 3.05) is 18.0 Å². The van der Waals surface area contributed by atoms with Crippen molar-refractivity contribution in [3.8, 4) is 33.0 Å². The van der Waals surface area contributed by atoms with E-state index in [1.165, 1.54) is 35.7 Å². The van der Waals surface area contributed by atoms with Gasteiger partial charge in [0.2, 0.25) is 15.3 Å². The molecule has 2 aromatic heterocycles. The molecule has 2 aromatic carbocycles. The molecule has 2 saturated heterocycles. The summed E-state index contributed by atoms with van der Waals surface area (Å²) in [6.07, 6.45) is 3.49. The van der Waals surface area contributed by atoms with E-state index < -0.39 is 37.9 Å². The van der Waals surface area contributed by atoms with E-state index in [-0.39, 0.29) is 34.2 Å². The molecule has 6 rings (SSSR count). The van der Waals surface area contributed by atoms with Gasteiger partial charge in [0.25, 0.3) is 0 Å². The Balaban J connectivity index is 1.54. The lowest BCUT2D eigenvalue weighted by Gasteiger charge is -2.35. The van der Waals surface area contributed by atoms with Crippen LogP contribution in [0.25, 0.3) is 33.0 Å². The van der Waals surface area contributed by atoms with E-state index in [9.17, 15) is 12.8 Å². The molecule has 0 radical (unpaired) electrons. The molecule has 0 aliphatic carbocycles. The van der Waals surface area contributed by atoms with Crippen molar-refractivity contribution < 1.29 is 21.6 Å². The van der Waals surface area contributed by atoms with Crippen LogP contribution >= 0.6 is 22.9 Å². The Labute approximate surface area is 230 Å². The number of nitrogens with zero attached hydrogens (tertiary/aromatic N) is 4. The van der Waals surface area contributed by atoms with Crippen LogP contribution < -0.4 is 15.4 Å². The Morgan fingerprint density at radius 3 is 2.36 bits per heavy atom. The number of nitrogens with one attached hydrogen (secondary N) is 1. The van der Waals surface area contributed by atoms with Gasteiger partial charge in [0.15, 0.2) is 15.8 Å². The van der Waals surface area contributed by atoms with Crippen LogP contribution in [0.2, 0.25) is 5.28 Å². The molecule has 3 N–H and O–H groups in total. The number of piperazine rings is 1. The Morgan fingerprint density at radius 1 is 0.974 bits per heavy atom. The maximum absolute atomic E-state index is 16.2. The van der Waals surface area contributed by atoms with Gasteiger partial charge in [-0.05, 0) is 48.7 Å². The van der Waals surface area contributed by atoms with E-state index in [2.05, 4.69) is 20.2 Å². The van der Waals surface area contributed by atoms with Crippen molar-refractivity contribution in [2.24, 2.45) is 5.14 Å². The first-order chi connectivity index (χ1) is 18.6. The van der Waals surface area contributed by atoms with Crippen LogP contribution in [-0.2, 0) is 10.0 Å². The van der Waals surface area contributed by atoms with Crippen LogP contribution in [0, 0.1) is 17.5 Å². The van der Waals surface area contributed by atoms with Crippen LogP contribution in [0.3, 0.4) is 0 Å². The molecule has 202 valence electrons. The lowest BCUT2D eigenvalue weighted by molar-refractivity contribution is 0.484. The predicted octanol–water partition coefficient (Wildman–Crippen LogP) is 4.59. The number of aromatic nitrogens is 3. The fourth-order valence-electron chi connectivity index (χ4n) is 5.25. The number of hydrogen-bond donors (Lipinski definition) is 2. The molecule has 8 nitrogen and oxygen atoms in total. The highest BCUT2D eigenvalue weighted by Gasteiger charge is 2.39. The second-order valence-electron chi connectivity index (χ2n) is 9.29. The number of anilines is 1. The Morgan fingerprint density at radius 2 is 1.67 bits per heavy atom. The average molecular weight is 593 g/mol. The van der Waals surface area contributed by atoms with Gasteiger partial charge in [0.1, 0.15) is 11.6 Å². The zero-order chi connectivity index (χ0) is 27.5. The minimum atomic E-state index is -4.75. The average Bonchev–Trinajstić information content (AvgIpc) is 3.41. The molecular weight excluding hydrogens is 573 g/mol. The quantitative estimate of drug-likeness (QED) is 0.326. The van der Waals surface area contributed by atoms with Crippen LogP contribution in [0.4, 0.5) is 18.3 Å². The molecule has 2 bridgehead atoms. The zero-order valence-electron chi connectivity index (χ0n) is 20.0. The summed E-state index contributed by atoms with van der Waals surface area (Å²) in [5.41, 5.74) is -0.00906. The molecule has 2 atom stereocenters. The van der Waals surface area contributed by atoms with Gasteiger partial charge in [0.05, 0.1) is 16.3 Å². The van der Waals surface area contributed by atoms with E-state index in [4.69, 9.17) is 21.7 Å². The van der Waals surface area contributed by atoms with E-state index in [0.717, 1.165) is 38.1 Å². The van der Waals surface area contributed by atoms with Gasteiger partial charge in [-0.15, -0.1) is 0 Å². The van der Waals surface area contributed by atoms with Crippen LogP contribution in [-0.4, -0.2) is 48.5 Å². The minimum Gasteiger partial charge on any atom is -0.340 e. The number of halogens is 4. The van der Waals surface area contributed by atoms with Crippen molar-refractivity contribution in [2.45, 2.75) is 29.8 Å². The summed E-state index contributed by atoms with van der Waals surface area (Å²) >= 11 is 7.40. The molecule has 14 heteroatoms. The largest absolute Gasteiger partial charge is 0.340 e. The molecular formula is C25H20ClF3N6O2S2. The van der Waals surface area contributed by atoms with E-state index in [1.807, 2.05) is 0 Å². The maximum Gasteiger partial charge on any atom is 0.243 e. The Hall–Kier alpha value is -3.10. The van der Waals surface area contributed by atoms with Crippen molar-refractivity contribution in [3.05, 3.63) is 65.3 Å². The van der Waals surface area contributed by atoms with Crippen LogP contribution in [0.1, 0.15) is 12.8 Å². The van der Waals surface area contributed by atoms with Gasteiger partial charge in [0, 0.05) is 48.1 Å². The summed E-state index contributed by atoms with van der Waals surface area (Å²) in [6, 6.07) is 8.07. The first-order valence-corrected chi connectivity index (χ1v) is 14.7. The molecule has 39 heavy (non-hydrogen) atoms. The standard InChI is InChI=1S/C25H20ClF3N6O2S2/c26-24-32-9-8-18(33-24)22-21(34-25(38-22)35-12-4-5-13(35)11-31-10-12)16-3-1-2-14(19(16)28)15-6-7-17(27)23(20(15)29)39(30,36)37/h1-3,6-9,12-13,31H,4-5,10-11H2,(H2,30,36,37). The van der Waals surface area contributed by atoms with Gasteiger partial charge in [-0.25, -0.2) is 41.7 Å². The Bertz CT molecular complexity index is 1700. The van der Waals surface area contributed by atoms with Crippen molar-refractivity contribution in [1.82, 2.24) is 20.3 Å². The van der Waals surface area contributed by atoms with Gasteiger partial charge < -0.3 is 10.2 Å². The highest BCUT2D eigenvalue weighted by molar-refractivity contribution is 7.89. The second kappa shape index (κ2) is 9.82. The number of fused-ring (bicyclic) bond motifs is 2. The van der Waals surface area contributed by atoms with Crippen molar-refractivity contribution >= 4 is 38.1 Å². The van der Waals surface area contributed by atoms with Crippen molar-refractivity contribution in [3.63, 3.8) is 0 Å². The lowest BCUT2D eigenvalue weighted by atomic mass is 9.99. The monoisotopic (exact) mass is 592 g/mol. The summed E-state index contributed by atoms with van der Waals surface area (Å²) in [6.45, 7) is 1.61. The number of rotatable bonds is 5. The topological polar surface area (TPSA) is 114 Å². The third-order valence-electron chi connectivity index (χ3n) is 6.95. The smallest absolute Gasteiger partial charge is 0.243 e.